The summed E-state index contributed by atoms with van der Waals surface area (Å²) in [6.45, 7) is 2.13. The average molecular weight is 161 g/mol. The van der Waals surface area contributed by atoms with E-state index in [9.17, 15) is 4.79 Å². The summed E-state index contributed by atoms with van der Waals surface area (Å²) in [6, 6.07) is 8.38. The first-order valence-electron chi connectivity index (χ1n) is 4.29. The van der Waals surface area contributed by atoms with Crippen LogP contribution in [0, 0.1) is 0 Å². The molecule has 0 fully saturated rings. The highest BCUT2D eigenvalue weighted by atomic mass is 16.1. The van der Waals surface area contributed by atoms with Crippen LogP contribution in [0.15, 0.2) is 24.3 Å². The van der Waals surface area contributed by atoms with Crippen molar-refractivity contribution in [3.8, 4) is 0 Å². The minimum atomic E-state index is 0.505. The summed E-state index contributed by atoms with van der Waals surface area (Å²) in [5.74, 6) is 0. The summed E-state index contributed by atoms with van der Waals surface area (Å²) in [6.07, 6.45) is 4.28. The molecule has 0 spiro atoms. The van der Waals surface area contributed by atoms with Crippen LogP contribution in [-0.4, -0.2) is 6.29 Å². The molecule has 0 heterocycles. The predicted octanol–water partition coefficient (Wildman–Crippen LogP) is 2.29. The summed E-state index contributed by atoms with van der Waals surface area (Å²) in [5, 5.41) is 0. The van der Waals surface area contributed by atoms with Crippen molar-refractivity contribution in [1.82, 2.24) is 0 Å². The standard InChI is InChI=1S/C11H13O/c1-2-10-5-7-11(8-6-10)4-3-9-12/h5-8H,2-4H2,1H3. The summed E-state index contributed by atoms with van der Waals surface area (Å²) in [4.78, 5) is 9.98. The van der Waals surface area contributed by atoms with Gasteiger partial charge in [-0.15, -0.1) is 0 Å². The van der Waals surface area contributed by atoms with Crippen LogP contribution in [0.2, 0.25) is 0 Å². The van der Waals surface area contributed by atoms with Gasteiger partial charge in [0.15, 0.2) is 6.29 Å². The van der Waals surface area contributed by atoms with E-state index in [-0.39, 0.29) is 0 Å². The molecular weight excluding hydrogens is 148 g/mol. The quantitative estimate of drug-likeness (QED) is 0.662. The third-order valence-corrected chi connectivity index (χ3v) is 1.95. The monoisotopic (exact) mass is 161 g/mol. The van der Waals surface area contributed by atoms with Crippen LogP contribution >= 0.6 is 0 Å². The zero-order chi connectivity index (χ0) is 8.81. The molecule has 1 rings (SSSR count). The Morgan fingerprint density at radius 3 is 2.25 bits per heavy atom. The van der Waals surface area contributed by atoms with E-state index in [1.165, 1.54) is 11.1 Å². The summed E-state index contributed by atoms with van der Waals surface area (Å²) < 4.78 is 0. The first-order chi connectivity index (χ1) is 5.86. The molecular formula is C11H13O. The van der Waals surface area contributed by atoms with Crippen molar-refractivity contribution in [2.24, 2.45) is 0 Å². The van der Waals surface area contributed by atoms with Crippen molar-refractivity contribution in [1.29, 1.82) is 0 Å². The lowest BCUT2D eigenvalue weighted by molar-refractivity contribution is 0.551. The van der Waals surface area contributed by atoms with E-state index in [0.717, 1.165) is 12.8 Å². The lowest BCUT2D eigenvalue weighted by Crippen LogP contribution is -1.86. The molecule has 12 heavy (non-hydrogen) atoms. The van der Waals surface area contributed by atoms with E-state index in [0.29, 0.717) is 6.42 Å². The molecule has 1 nitrogen and oxygen atoms in total. The van der Waals surface area contributed by atoms with E-state index in [2.05, 4.69) is 31.2 Å². The second-order valence-electron chi connectivity index (χ2n) is 2.81. The van der Waals surface area contributed by atoms with Gasteiger partial charge in [-0.2, -0.15) is 0 Å². The van der Waals surface area contributed by atoms with Gasteiger partial charge in [-0.3, -0.25) is 4.79 Å². The first kappa shape index (κ1) is 8.98. The van der Waals surface area contributed by atoms with Crippen molar-refractivity contribution in [2.75, 3.05) is 0 Å². The fraction of sp³-hybridized carbons (Fsp3) is 0.364. The summed E-state index contributed by atoms with van der Waals surface area (Å²) in [5.41, 5.74) is 2.56. The third kappa shape index (κ3) is 2.50. The fourth-order valence-corrected chi connectivity index (χ4v) is 1.14. The molecule has 0 aliphatic heterocycles. The minimum absolute atomic E-state index is 0.505. The van der Waals surface area contributed by atoms with Crippen LogP contribution in [-0.2, 0) is 17.6 Å². The average Bonchev–Trinajstić information content (AvgIpc) is 2.15. The van der Waals surface area contributed by atoms with E-state index in [4.69, 9.17) is 0 Å². The molecule has 0 N–H and O–H groups in total. The van der Waals surface area contributed by atoms with Crippen LogP contribution in [0.5, 0.6) is 0 Å². The van der Waals surface area contributed by atoms with E-state index in [1.54, 1.807) is 0 Å². The van der Waals surface area contributed by atoms with Gasteiger partial charge < -0.3 is 0 Å². The second-order valence-corrected chi connectivity index (χ2v) is 2.81. The van der Waals surface area contributed by atoms with Crippen LogP contribution < -0.4 is 0 Å². The van der Waals surface area contributed by atoms with Crippen LogP contribution in [0.1, 0.15) is 24.5 Å². The maximum atomic E-state index is 9.98. The molecule has 0 aliphatic rings. The minimum Gasteiger partial charge on any atom is -0.291 e. The van der Waals surface area contributed by atoms with Crippen molar-refractivity contribution in [2.45, 2.75) is 26.2 Å². The maximum absolute atomic E-state index is 9.98. The van der Waals surface area contributed by atoms with Crippen LogP contribution in [0.25, 0.3) is 0 Å². The second kappa shape index (κ2) is 4.70. The van der Waals surface area contributed by atoms with Gasteiger partial charge >= 0.3 is 0 Å². The lowest BCUT2D eigenvalue weighted by Gasteiger charge is -1.99. The lowest BCUT2D eigenvalue weighted by atomic mass is 10.1. The van der Waals surface area contributed by atoms with E-state index in [1.807, 2.05) is 6.29 Å². The van der Waals surface area contributed by atoms with Crippen molar-refractivity contribution in [3.05, 3.63) is 35.4 Å². The van der Waals surface area contributed by atoms with Crippen LogP contribution in [0.4, 0.5) is 0 Å². The highest BCUT2D eigenvalue weighted by molar-refractivity contribution is 5.51. The molecule has 0 saturated carbocycles. The zero-order valence-corrected chi connectivity index (χ0v) is 7.34. The SMILES string of the molecule is CCc1ccc(CC[C]=O)cc1. The van der Waals surface area contributed by atoms with Gasteiger partial charge in [0.25, 0.3) is 0 Å². The van der Waals surface area contributed by atoms with Gasteiger partial charge in [0.1, 0.15) is 0 Å². The Hall–Kier alpha value is -1.11. The topological polar surface area (TPSA) is 17.1 Å². The Balaban J connectivity index is 2.58. The molecule has 1 radical (unpaired) electrons. The molecule has 63 valence electrons. The number of hydrogen-bond donors (Lipinski definition) is 0. The third-order valence-electron chi connectivity index (χ3n) is 1.95. The zero-order valence-electron chi connectivity index (χ0n) is 7.34. The Bertz CT molecular complexity index is 236. The number of benzene rings is 1. The Labute approximate surface area is 73.4 Å². The molecule has 0 aromatic heterocycles. The molecule has 0 atom stereocenters. The van der Waals surface area contributed by atoms with Crippen LogP contribution in [0.3, 0.4) is 0 Å². The fourth-order valence-electron chi connectivity index (χ4n) is 1.14. The van der Waals surface area contributed by atoms with Gasteiger partial charge in [0.2, 0.25) is 0 Å². The van der Waals surface area contributed by atoms with Gasteiger partial charge in [-0.05, 0) is 24.0 Å². The Morgan fingerprint density at radius 2 is 1.75 bits per heavy atom. The first-order valence-corrected chi connectivity index (χ1v) is 4.29. The van der Waals surface area contributed by atoms with Gasteiger partial charge in [-0.25, -0.2) is 0 Å². The Morgan fingerprint density at radius 1 is 1.17 bits per heavy atom. The summed E-state index contributed by atoms with van der Waals surface area (Å²) in [7, 11) is 0. The highest BCUT2D eigenvalue weighted by Crippen LogP contribution is 2.06. The van der Waals surface area contributed by atoms with Crippen molar-refractivity contribution in [3.63, 3.8) is 0 Å². The Kier molecular flexibility index (Phi) is 3.52. The molecule has 1 aromatic rings. The van der Waals surface area contributed by atoms with E-state index >= 15 is 0 Å². The molecule has 0 bridgehead atoms. The predicted molar refractivity (Wildman–Crippen MR) is 49.8 cm³/mol. The highest BCUT2D eigenvalue weighted by Gasteiger charge is 1.92. The normalized spacial score (nSPS) is 9.75. The number of hydrogen-bond acceptors (Lipinski definition) is 1. The van der Waals surface area contributed by atoms with Gasteiger partial charge in [-0.1, -0.05) is 31.2 Å². The number of aryl methyl sites for hydroxylation is 2. The van der Waals surface area contributed by atoms with Crippen molar-refractivity contribution >= 4 is 6.29 Å². The molecule has 1 aromatic carbocycles. The largest absolute Gasteiger partial charge is 0.291 e. The number of carbonyl (C=O) groups excluding carboxylic acids is 1. The molecule has 0 saturated heterocycles. The van der Waals surface area contributed by atoms with Crippen molar-refractivity contribution < 1.29 is 4.79 Å². The maximum Gasteiger partial charge on any atom is 0.198 e. The molecule has 1 heteroatoms. The molecule has 0 aliphatic carbocycles. The van der Waals surface area contributed by atoms with Gasteiger partial charge in [0, 0.05) is 6.42 Å². The smallest absolute Gasteiger partial charge is 0.198 e. The van der Waals surface area contributed by atoms with Gasteiger partial charge in [0.05, 0.1) is 0 Å². The number of rotatable bonds is 4. The molecule has 0 unspecified atom stereocenters. The summed E-state index contributed by atoms with van der Waals surface area (Å²) >= 11 is 0. The molecule has 0 amide bonds. The van der Waals surface area contributed by atoms with E-state index < -0.39 is 0 Å².